The summed E-state index contributed by atoms with van der Waals surface area (Å²) >= 11 is 0. The van der Waals surface area contributed by atoms with E-state index in [0.717, 1.165) is 30.8 Å². The highest BCUT2D eigenvalue weighted by atomic mass is 32.2. The van der Waals surface area contributed by atoms with E-state index in [1.54, 1.807) is 6.07 Å². The zero-order valence-corrected chi connectivity index (χ0v) is 15.8. The van der Waals surface area contributed by atoms with E-state index in [0.29, 0.717) is 17.9 Å². The molecule has 0 aliphatic carbocycles. The van der Waals surface area contributed by atoms with Crippen LogP contribution < -0.4 is 10.2 Å². The molecular formula is C20H23FN2O2S. The summed E-state index contributed by atoms with van der Waals surface area (Å²) in [6, 6.07) is 10.8. The van der Waals surface area contributed by atoms with Crippen LogP contribution in [0.5, 0.6) is 0 Å². The van der Waals surface area contributed by atoms with E-state index in [4.69, 9.17) is 0 Å². The highest BCUT2D eigenvalue weighted by Gasteiger charge is 2.41. The average molecular weight is 374 g/mol. The summed E-state index contributed by atoms with van der Waals surface area (Å²) in [5.74, 6) is 0.297. The molecule has 26 heavy (non-hydrogen) atoms. The third kappa shape index (κ3) is 2.72. The van der Waals surface area contributed by atoms with Gasteiger partial charge in [-0.1, -0.05) is 6.92 Å². The van der Waals surface area contributed by atoms with E-state index >= 15 is 0 Å². The van der Waals surface area contributed by atoms with Crippen molar-refractivity contribution in [2.75, 3.05) is 25.0 Å². The van der Waals surface area contributed by atoms with Crippen LogP contribution in [-0.2, 0) is 9.84 Å². The summed E-state index contributed by atoms with van der Waals surface area (Å²) in [5.41, 5.74) is 2.23. The van der Waals surface area contributed by atoms with E-state index in [9.17, 15) is 12.8 Å². The third-order valence-electron chi connectivity index (χ3n) is 5.78. The Morgan fingerprint density at radius 1 is 1.12 bits per heavy atom. The van der Waals surface area contributed by atoms with Crippen LogP contribution in [0.15, 0.2) is 52.3 Å². The largest absolute Gasteiger partial charge is 0.371 e. The Morgan fingerprint density at radius 2 is 1.81 bits per heavy atom. The molecule has 0 radical (unpaired) electrons. The second-order valence-electron chi connectivity index (χ2n) is 7.35. The van der Waals surface area contributed by atoms with Crippen molar-refractivity contribution < 1.29 is 12.8 Å². The van der Waals surface area contributed by atoms with Crippen LogP contribution in [0.2, 0.25) is 0 Å². The molecular weight excluding hydrogens is 351 g/mol. The Hall–Kier alpha value is -1.92. The van der Waals surface area contributed by atoms with Crippen molar-refractivity contribution >= 4 is 15.5 Å². The van der Waals surface area contributed by atoms with Crippen LogP contribution in [0.25, 0.3) is 0 Å². The minimum absolute atomic E-state index is 0.123. The molecule has 1 fully saturated rings. The fourth-order valence-corrected chi connectivity index (χ4v) is 5.73. The van der Waals surface area contributed by atoms with Crippen molar-refractivity contribution in [2.45, 2.75) is 35.1 Å². The van der Waals surface area contributed by atoms with Crippen molar-refractivity contribution in [2.24, 2.45) is 5.92 Å². The van der Waals surface area contributed by atoms with Crippen molar-refractivity contribution in [1.29, 1.82) is 0 Å². The minimum atomic E-state index is -3.66. The number of rotatable bonds is 2. The zero-order valence-electron chi connectivity index (χ0n) is 14.9. The van der Waals surface area contributed by atoms with Crippen LogP contribution in [0.3, 0.4) is 0 Å². The maximum absolute atomic E-state index is 13.2. The average Bonchev–Trinajstić information content (AvgIpc) is 2.76. The van der Waals surface area contributed by atoms with Crippen molar-refractivity contribution in [3.63, 3.8) is 0 Å². The molecule has 0 aromatic heterocycles. The van der Waals surface area contributed by atoms with E-state index in [-0.39, 0.29) is 9.79 Å². The van der Waals surface area contributed by atoms with Crippen molar-refractivity contribution in [1.82, 2.24) is 5.32 Å². The lowest BCUT2D eigenvalue weighted by Crippen LogP contribution is -2.32. The number of fused-ring (bicyclic) bond motifs is 3. The van der Waals surface area contributed by atoms with E-state index in [1.165, 1.54) is 24.3 Å². The number of sulfone groups is 1. The fraction of sp³-hybridized carbons (Fsp3) is 0.400. The Morgan fingerprint density at radius 3 is 2.54 bits per heavy atom. The fourth-order valence-electron chi connectivity index (χ4n) is 4.43. The molecule has 138 valence electrons. The standard InChI is InChI=1S/C20H23FN2O2S/c1-13-12-22-10-9-19-20(13)17-11-16(7-8-18(17)23(19)2)26(24,25)15-5-3-14(21)4-6-15/h3-8,11,13,19-20,22H,9-10,12H2,1-2H3/t13?,19?,20-/m0/s1. The zero-order chi connectivity index (χ0) is 18.5. The Bertz CT molecular complexity index is 927. The minimum Gasteiger partial charge on any atom is -0.371 e. The molecule has 0 bridgehead atoms. The number of halogens is 1. The number of hydrogen-bond donors (Lipinski definition) is 1. The molecule has 2 heterocycles. The Kier molecular flexibility index (Phi) is 4.28. The first-order valence-electron chi connectivity index (χ1n) is 8.98. The monoisotopic (exact) mass is 374 g/mol. The second-order valence-corrected chi connectivity index (χ2v) is 9.30. The van der Waals surface area contributed by atoms with Gasteiger partial charge >= 0.3 is 0 Å². The van der Waals surface area contributed by atoms with E-state index in [1.807, 2.05) is 12.1 Å². The van der Waals surface area contributed by atoms with Crippen LogP contribution >= 0.6 is 0 Å². The molecule has 0 spiro atoms. The summed E-state index contributed by atoms with van der Waals surface area (Å²) < 4.78 is 39.1. The first-order valence-corrected chi connectivity index (χ1v) is 10.5. The molecule has 2 aromatic carbocycles. The van der Waals surface area contributed by atoms with Crippen LogP contribution in [0, 0.1) is 11.7 Å². The maximum Gasteiger partial charge on any atom is 0.206 e. The third-order valence-corrected chi connectivity index (χ3v) is 7.55. The highest BCUT2D eigenvalue weighted by molar-refractivity contribution is 7.91. The summed E-state index contributed by atoms with van der Waals surface area (Å²) in [4.78, 5) is 2.69. The van der Waals surface area contributed by atoms with Gasteiger partial charge in [0.15, 0.2) is 0 Å². The normalized spacial score (nSPS) is 25.5. The van der Waals surface area contributed by atoms with Crippen molar-refractivity contribution in [3.05, 3.63) is 53.8 Å². The highest BCUT2D eigenvalue weighted by Crippen LogP contribution is 2.46. The molecule has 1 saturated heterocycles. The lowest BCUT2D eigenvalue weighted by atomic mass is 9.84. The SMILES string of the molecule is CC1CNCCC2[C@@H]1c1cc(S(=O)(=O)c3ccc(F)cc3)ccc1N2C. The number of anilines is 1. The van der Waals surface area contributed by atoms with Gasteiger partial charge in [0.1, 0.15) is 5.82 Å². The Labute approximate surface area is 153 Å². The topological polar surface area (TPSA) is 49.4 Å². The molecule has 1 N–H and O–H groups in total. The van der Waals surface area contributed by atoms with Gasteiger partial charge in [-0.3, -0.25) is 0 Å². The molecule has 3 atom stereocenters. The number of nitrogens with zero attached hydrogens (tertiary/aromatic N) is 1. The van der Waals surface area contributed by atoms with Gasteiger partial charge in [-0.25, -0.2) is 12.8 Å². The molecule has 6 heteroatoms. The van der Waals surface area contributed by atoms with Gasteiger partial charge in [-0.15, -0.1) is 0 Å². The summed E-state index contributed by atoms with van der Waals surface area (Å²) in [6.07, 6.45) is 1.04. The first kappa shape index (κ1) is 17.5. The lowest BCUT2D eigenvalue weighted by molar-refractivity contribution is 0.424. The number of nitrogens with one attached hydrogen (secondary N) is 1. The molecule has 4 rings (SSSR count). The van der Waals surface area contributed by atoms with Crippen LogP contribution in [0.1, 0.15) is 24.8 Å². The predicted octanol–water partition coefficient (Wildman–Crippen LogP) is 3.19. The molecule has 0 amide bonds. The second kappa shape index (κ2) is 6.35. The molecule has 4 nitrogen and oxygen atoms in total. The number of likely N-dealkylation sites (N-methyl/N-ethyl adjacent to an activating group) is 1. The molecule has 2 aliphatic rings. The number of benzene rings is 2. The van der Waals surface area contributed by atoms with Gasteiger partial charge in [0, 0.05) is 24.7 Å². The maximum atomic E-state index is 13.2. The van der Waals surface area contributed by atoms with Crippen molar-refractivity contribution in [3.8, 4) is 0 Å². The quantitative estimate of drug-likeness (QED) is 0.821. The summed E-state index contributed by atoms with van der Waals surface area (Å²) in [6.45, 7) is 4.13. The molecule has 2 aromatic rings. The van der Waals surface area contributed by atoms with Gasteiger partial charge in [0.2, 0.25) is 9.84 Å². The van der Waals surface area contributed by atoms with Gasteiger partial charge in [0.25, 0.3) is 0 Å². The lowest BCUT2D eigenvalue weighted by Gasteiger charge is -2.27. The summed E-state index contributed by atoms with van der Waals surface area (Å²) in [7, 11) is -1.57. The predicted molar refractivity (Wildman–Crippen MR) is 99.9 cm³/mol. The van der Waals surface area contributed by atoms with Gasteiger partial charge < -0.3 is 10.2 Å². The molecule has 2 aliphatic heterocycles. The Balaban J connectivity index is 1.79. The molecule has 0 saturated carbocycles. The van der Waals surface area contributed by atoms with Crippen LogP contribution in [-0.4, -0.2) is 34.6 Å². The first-order chi connectivity index (χ1) is 12.4. The number of hydrogen-bond acceptors (Lipinski definition) is 4. The van der Waals surface area contributed by atoms with E-state index in [2.05, 4.69) is 24.2 Å². The summed E-state index contributed by atoms with van der Waals surface area (Å²) in [5, 5.41) is 3.47. The van der Waals surface area contributed by atoms with Crippen LogP contribution in [0.4, 0.5) is 10.1 Å². The molecule has 2 unspecified atom stereocenters. The van der Waals surface area contributed by atoms with E-state index < -0.39 is 15.7 Å². The van der Waals surface area contributed by atoms with Gasteiger partial charge in [-0.05, 0) is 73.5 Å². The van der Waals surface area contributed by atoms with Gasteiger partial charge in [0.05, 0.1) is 9.79 Å². The van der Waals surface area contributed by atoms with Gasteiger partial charge in [-0.2, -0.15) is 0 Å². The smallest absolute Gasteiger partial charge is 0.206 e.